The van der Waals surface area contributed by atoms with E-state index in [-0.39, 0.29) is 18.1 Å². The molecule has 0 aliphatic carbocycles. The van der Waals surface area contributed by atoms with E-state index in [0.717, 1.165) is 11.3 Å². The van der Waals surface area contributed by atoms with Crippen LogP contribution in [0.3, 0.4) is 0 Å². The zero-order valence-corrected chi connectivity index (χ0v) is 22.5. The summed E-state index contributed by atoms with van der Waals surface area (Å²) < 4.78 is 7.65. The van der Waals surface area contributed by atoms with Gasteiger partial charge in [-0.05, 0) is 61.0 Å². The number of ether oxygens (including phenoxy) is 1. The minimum atomic E-state index is -0.577. The van der Waals surface area contributed by atoms with E-state index >= 15 is 0 Å². The molecule has 0 aliphatic heterocycles. The van der Waals surface area contributed by atoms with Crippen molar-refractivity contribution in [1.82, 2.24) is 14.8 Å². The van der Waals surface area contributed by atoms with E-state index in [1.165, 1.54) is 11.8 Å². The summed E-state index contributed by atoms with van der Waals surface area (Å²) in [5, 5.41) is 21.8. The van der Waals surface area contributed by atoms with Crippen LogP contribution in [0.4, 0.5) is 0 Å². The van der Waals surface area contributed by atoms with Crippen molar-refractivity contribution in [2.24, 2.45) is 0 Å². The van der Waals surface area contributed by atoms with Crippen molar-refractivity contribution in [2.75, 3.05) is 6.54 Å². The number of rotatable bonds is 9. The molecule has 0 spiro atoms. The second-order valence-electron chi connectivity index (χ2n) is 7.68. The van der Waals surface area contributed by atoms with E-state index in [2.05, 4.69) is 10.2 Å². The van der Waals surface area contributed by atoms with Crippen LogP contribution in [0, 0.1) is 17.0 Å². The zero-order valence-electron chi connectivity index (χ0n) is 18.7. The van der Waals surface area contributed by atoms with Crippen molar-refractivity contribution >= 4 is 58.2 Å². The van der Waals surface area contributed by atoms with Gasteiger partial charge in [0.25, 0.3) is 0 Å². The van der Waals surface area contributed by atoms with Crippen LogP contribution in [0.25, 0.3) is 5.69 Å². The Hall–Kier alpha value is -2.49. The van der Waals surface area contributed by atoms with Crippen LogP contribution in [0.15, 0.2) is 65.8 Å². The number of nitro groups is 1. The fraction of sp³-hybridized carbons (Fsp3) is 0.167. The van der Waals surface area contributed by atoms with Gasteiger partial charge in [-0.3, -0.25) is 14.7 Å². The molecule has 0 saturated heterocycles. The van der Waals surface area contributed by atoms with E-state index in [4.69, 9.17) is 51.1 Å². The third-order valence-electron chi connectivity index (χ3n) is 5.17. The van der Waals surface area contributed by atoms with Crippen LogP contribution in [-0.2, 0) is 6.61 Å². The Balaban J connectivity index is 1.57. The average molecular weight is 584 g/mol. The molecule has 0 radical (unpaired) electrons. The molecule has 4 rings (SSSR count). The molecule has 0 bridgehead atoms. The molecule has 0 N–H and O–H groups in total. The summed E-state index contributed by atoms with van der Waals surface area (Å²) in [4.78, 5) is 11.1. The molecule has 1 aromatic heterocycles. The van der Waals surface area contributed by atoms with Gasteiger partial charge in [-0.2, -0.15) is 0 Å². The third-order valence-corrected chi connectivity index (χ3v) is 7.48. The van der Waals surface area contributed by atoms with Crippen molar-refractivity contribution < 1.29 is 9.66 Å². The molecule has 12 heteroatoms. The lowest BCUT2D eigenvalue weighted by Crippen LogP contribution is -2.11. The number of halogens is 4. The van der Waals surface area contributed by atoms with Gasteiger partial charge in [-0.1, -0.05) is 70.3 Å². The van der Waals surface area contributed by atoms with E-state index in [1.54, 1.807) is 48.5 Å². The highest BCUT2D eigenvalue weighted by Crippen LogP contribution is 2.39. The van der Waals surface area contributed by atoms with Crippen molar-refractivity contribution in [2.45, 2.75) is 23.9 Å². The predicted octanol–water partition coefficient (Wildman–Crippen LogP) is 7.88. The Labute approximate surface area is 231 Å². The van der Waals surface area contributed by atoms with Gasteiger partial charge in [0.2, 0.25) is 6.54 Å². The summed E-state index contributed by atoms with van der Waals surface area (Å²) >= 11 is 25.9. The van der Waals surface area contributed by atoms with Crippen LogP contribution >= 0.6 is 58.2 Å². The second-order valence-corrected chi connectivity index (χ2v) is 10.5. The highest BCUT2D eigenvalue weighted by atomic mass is 35.5. The summed E-state index contributed by atoms with van der Waals surface area (Å²) in [6.07, 6.45) is 0. The van der Waals surface area contributed by atoms with Crippen molar-refractivity contribution in [3.63, 3.8) is 0 Å². The van der Waals surface area contributed by atoms with E-state index < -0.39 is 5.25 Å². The van der Waals surface area contributed by atoms with Gasteiger partial charge in [0.15, 0.2) is 5.16 Å². The van der Waals surface area contributed by atoms with Crippen molar-refractivity contribution in [3.05, 3.63) is 108 Å². The Morgan fingerprint density at radius 3 is 2.36 bits per heavy atom. The second kappa shape index (κ2) is 11.7. The SMILES string of the molecule is Cc1nnc(S[C@@H](C[N+](=O)[O-])c2ccc(OCc3ccc(Cl)cc3Cl)c(Cl)c2)n1-c1ccc(Cl)cc1. The first-order chi connectivity index (χ1) is 17.2. The van der Waals surface area contributed by atoms with Gasteiger partial charge in [-0.25, -0.2) is 0 Å². The van der Waals surface area contributed by atoms with Crippen molar-refractivity contribution in [1.29, 1.82) is 0 Å². The maximum absolute atomic E-state index is 11.5. The fourth-order valence-corrected chi connectivity index (χ4v) is 5.41. The molecule has 4 aromatic rings. The first-order valence-electron chi connectivity index (χ1n) is 10.5. The first-order valence-corrected chi connectivity index (χ1v) is 12.9. The lowest BCUT2D eigenvalue weighted by atomic mass is 10.1. The molecule has 0 aliphatic rings. The smallest absolute Gasteiger partial charge is 0.220 e. The summed E-state index contributed by atoms with van der Waals surface area (Å²) in [5.41, 5.74) is 2.20. The van der Waals surface area contributed by atoms with Gasteiger partial charge in [0.05, 0.1) is 5.02 Å². The highest BCUT2D eigenvalue weighted by molar-refractivity contribution is 7.99. The van der Waals surface area contributed by atoms with Gasteiger partial charge in [0.1, 0.15) is 23.4 Å². The van der Waals surface area contributed by atoms with Gasteiger partial charge >= 0.3 is 0 Å². The summed E-state index contributed by atoms with van der Waals surface area (Å²) in [6.45, 7) is 1.66. The quantitative estimate of drug-likeness (QED) is 0.113. The first kappa shape index (κ1) is 26.6. The Morgan fingerprint density at radius 2 is 1.69 bits per heavy atom. The lowest BCUT2D eigenvalue weighted by molar-refractivity contribution is -0.479. The van der Waals surface area contributed by atoms with E-state index in [0.29, 0.717) is 42.4 Å². The third kappa shape index (κ3) is 6.44. The molecule has 3 aromatic carbocycles. The monoisotopic (exact) mass is 582 g/mol. The molecule has 1 atom stereocenters. The number of nitrogens with zero attached hydrogens (tertiary/aromatic N) is 4. The number of benzene rings is 3. The standard InChI is InChI=1S/C24H18Cl4N4O3S/c1-14-29-30-24(32(14)19-7-5-17(25)6-8-19)36-23(12-31(33)34)15-3-9-22(21(28)10-15)35-13-16-2-4-18(26)11-20(16)27/h2-11,23H,12-13H2,1H3/t23-/m0/s1. The summed E-state index contributed by atoms with van der Waals surface area (Å²) in [6, 6.07) is 17.4. The highest BCUT2D eigenvalue weighted by Gasteiger charge is 2.24. The summed E-state index contributed by atoms with van der Waals surface area (Å²) in [5.74, 6) is 1.07. The number of thioether (sulfide) groups is 1. The van der Waals surface area contributed by atoms with Gasteiger partial charge in [-0.15, -0.1) is 10.2 Å². The van der Waals surface area contributed by atoms with Crippen LogP contribution in [0.2, 0.25) is 20.1 Å². The molecule has 186 valence electrons. The molecule has 0 saturated carbocycles. The minimum absolute atomic E-state index is 0.186. The number of hydrogen-bond acceptors (Lipinski definition) is 6. The molecular weight excluding hydrogens is 566 g/mol. The largest absolute Gasteiger partial charge is 0.487 e. The fourth-order valence-electron chi connectivity index (χ4n) is 3.41. The molecular formula is C24H18Cl4N4O3S. The van der Waals surface area contributed by atoms with Crippen molar-refractivity contribution in [3.8, 4) is 11.4 Å². The average Bonchev–Trinajstić information content (AvgIpc) is 3.19. The zero-order chi connectivity index (χ0) is 25.8. The summed E-state index contributed by atoms with van der Waals surface area (Å²) in [7, 11) is 0. The Bertz CT molecular complexity index is 1400. The van der Waals surface area contributed by atoms with E-state index in [1.807, 2.05) is 23.6 Å². The maximum atomic E-state index is 11.5. The lowest BCUT2D eigenvalue weighted by Gasteiger charge is -2.16. The molecule has 0 fully saturated rings. The van der Waals surface area contributed by atoms with Gasteiger partial charge < -0.3 is 4.74 Å². The molecule has 1 heterocycles. The Morgan fingerprint density at radius 1 is 0.972 bits per heavy atom. The molecule has 36 heavy (non-hydrogen) atoms. The number of hydrogen-bond donors (Lipinski definition) is 0. The van der Waals surface area contributed by atoms with Crippen LogP contribution in [0.5, 0.6) is 5.75 Å². The van der Waals surface area contributed by atoms with Crippen LogP contribution in [-0.4, -0.2) is 26.2 Å². The topological polar surface area (TPSA) is 83.1 Å². The van der Waals surface area contributed by atoms with Gasteiger partial charge in [0, 0.05) is 31.2 Å². The Kier molecular flexibility index (Phi) is 8.64. The number of aromatic nitrogens is 3. The minimum Gasteiger partial charge on any atom is -0.487 e. The molecule has 7 nitrogen and oxygen atoms in total. The van der Waals surface area contributed by atoms with E-state index in [9.17, 15) is 10.1 Å². The number of aryl methyl sites for hydroxylation is 1. The molecule has 0 amide bonds. The maximum Gasteiger partial charge on any atom is 0.220 e. The normalized spacial score (nSPS) is 11.9. The van der Waals surface area contributed by atoms with Crippen LogP contribution < -0.4 is 4.74 Å². The van der Waals surface area contributed by atoms with Crippen LogP contribution in [0.1, 0.15) is 22.2 Å². The molecule has 0 unspecified atom stereocenters. The predicted molar refractivity (Wildman–Crippen MR) is 144 cm³/mol.